The van der Waals surface area contributed by atoms with Crippen molar-refractivity contribution in [1.82, 2.24) is 0 Å². The Hall–Kier alpha value is -1.51. The molecule has 0 aliphatic carbocycles. The SMILES string of the molecule is CN(C(=O)C(C)(C)C)c1ccc(N)cc1. The van der Waals surface area contributed by atoms with Gasteiger partial charge in [-0.3, -0.25) is 4.79 Å². The highest BCUT2D eigenvalue weighted by molar-refractivity contribution is 5.96. The summed E-state index contributed by atoms with van der Waals surface area (Å²) in [6, 6.07) is 7.28. The lowest BCUT2D eigenvalue weighted by Gasteiger charge is -2.26. The van der Waals surface area contributed by atoms with Crippen LogP contribution in [0.5, 0.6) is 0 Å². The molecule has 0 radical (unpaired) electrons. The summed E-state index contributed by atoms with van der Waals surface area (Å²) < 4.78 is 0. The second-order valence-electron chi connectivity index (χ2n) is 4.71. The second-order valence-corrected chi connectivity index (χ2v) is 4.71. The van der Waals surface area contributed by atoms with Gasteiger partial charge in [-0.15, -0.1) is 0 Å². The molecule has 0 aliphatic heterocycles. The smallest absolute Gasteiger partial charge is 0.232 e. The average Bonchev–Trinajstić information content (AvgIpc) is 2.15. The third kappa shape index (κ3) is 2.72. The molecule has 0 aliphatic rings. The summed E-state index contributed by atoms with van der Waals surface area (Å²) in [5.41, 5.74) is 6.79. The van der Waals surface area contributed by atoms with E-state index < -0.39 is 0 Å². The summed E-state index contributed by atoms with van der Waals surface area (Å²) in [6.07, 6.45) is 0. The summed E-state index contributed by atoms with van der Waals surface area (Å²) in [5.74, 6) is 0.0901. The van der Waals surface area contributed by atoms with Crippen LogP contribution in [0.3, 0.4) is 0 Å². The van der Waals surface area contributed by atoms with E-state index in [9.17, 15) is 4.79 Å². The Kier molecular flexibility index (Phi) is 3.03. The number of nitrogen functional groups attached to an aromatic ring is 1. The lowest BCUT2D eigenvalue weighted by molar-refractivity contribution is -0.125. The van der Waals surface area contributed by atoms with Gasteiger partial charge in [0, 0.05) is 23.8 Å². The minimum Gasteiger partial charge on any atom is -0.399 e. The fourth-order valence-electron chi connectivity index (χ4n) is 1.32. The molecular formula is C12H18N2O. The maximum Gasteiger partial charge on any atom is 0.232 e. The number of amides is 1. The molecule has 1 aromatic rings. The molecule has 0 atom stereocenters. The highest BCUT2D eigenvalue weighted by atomic mass is 16.2. The first-order chi connectivity index (χ1) is 6.82. The number of nitrogens with zero attached hydrogens (tertiary/aromatic N) is 1. The normalized spacial score (nSPS) is 11.2. The van der Waals surface area contributed by atoms with E-state index in [4.69, 9.17) is 5.73 Å². The Morgan fingerprint density at radius 2 is 1.67 bits per heavy atom. The molecule has 15 heavy (non-hydrogen) atoms. The summed E-state index contributed by atoms with van der Waals surface area (Å²) in [5, 5.41) is 0. The minimum atomic E-state index is -0.365. The minimum absolute atomic E-state index is 0.0901. The van der Waals surface area contributed by atoms with E-state index in [2.05, 4.69) is 0 Å². The first-order valence-electron chi connectivity index (χ1n) is 4.96. The number of hydrogen-bond acceptors (Lipinski definition) is 2. The molecule has 0 saturated carbocycles. The molecule has 0 unspecified atom stereocenters. The van der Waals surface area contributed by atoms with Gasteiger partial charge < -0.3 is 10.6 Å². The van der Waals surface area contributed by atoms with Crippen LogP contribution in [0.15, 0.2) is 24.3 Å². The Labute approximate surface area is 90.9 Å². The van der Waals surface area contributed by atoms with Gasteiger partial charge in [0.1, 0.15) is 0 Å². The van der Waals surface area contributed by atoms with Crippen LogP contribution >= 0.6 is 0 Å². The number of carbonyl (C=O) groups is 1. The molecular weight excluding hydrogens is 188 g/mol. The summed E-state index contributed by atoms with van der Waals surface area (Å²) in [7, 11) is 1.78. The quantitative estimate of drug-likeness (QED) is 0.716. The zero-order chi connectivity index (χ0) is 11.6. The molecule has 1 aromatic carbocycles. The first-order valence-corrected chi connectivity index (χ1v) is 4.96. The molecule has 0 spiro atoms. The van der Waals surface area contributed by atoms with Gasteiger partial charge >= 0.3 is 0 Å². The fourth-order valence-corrected chi connectivity index (χ4v) is 1.32. The van der Waals surface area contributed by atoms with Crippen molar-refractivity contribution in [3.8, 4) is 0 Å². The van der Waals surface area contributed by atoms with Crippen LogP contribution < -0.4 is 10.6 Å². The molecule has 82 valence electrons. The average molecular weight is 206 g/mol. The van der Waals surface area contributed by atoms with Crippen molar-refractivity contribution in [3.63, 3.8) is 0 Å². The number of hydrogen-bond donors (Lipinski definition) is 1. The zero-order valence-corrected chi connectivity index (χ0v) is 9.74. The largest absolute Gasteiger partial charge is 0.399 e. The highest BCUT2D eigenvalue weighted by Gasteiger charge is 2.25. The molecule has 3 heteroatoms. The van der Waals surface area contributed by atoms with E-state index in [1.165, 1.54) is 0 Å². The standard InChI is InChI=1S/C12H18N2O/c1-12(2,3)11(15)14(4)10-7-5-9(13)6-8-10/h5-8H,13H2,1-4H3. The van der Waals surface area contributed by atoms with Crippen molar-refractivity contribution in [2.24, 2.45) is 5.41 Å². The molecule has 1 amide bonds. The fraction of sp³-hybridized carbons (Fsp3) is 0.417. The predicted octanol–water partition coefficient (Wildman–Crippen LogP) is 2.28. The van der Waals surface area contributed by atoms with Gasteiger partial charge in [0.2, 0.25) is 5.91 Å². The second kappa shape index (κ2) is 3.93. The monoisotopic (exact) mass is 206 g/mol. The Balaban J connectivity index is 2.90. The third-order valence-electron chi connectivity index (χ3n) is 2.23. The Morgan fingerprint density at radius 3 is 2.07 bits per heavy atom. The lowest BCUT2D eigenvalue weighted by atomic mass is 9.95. The van der Waals surface area contributed by atoms with Crippen LogP contribution in [0.25, 0.3) is 0 Å². The first kappa shape index (κ1) is 11.6. The maximum absolute atomic E-state index is 11.9. The van der Waals surface area contributed by atoms with Crippen LogP contribution in [0.2, 0.25) is 0 Å². The van der Waals surface area contributed by atoms with Crippen LogP contribution in [0, 0.1) is 5.41 Å². The van der Waals surface area contributed by atoms with E-state index in [0.29, 0.717) is 5.69 Å². The van der Waals surface area contributed by atoms with Gasteiger partial charge in [-0.2, -0.15) is 0 Å². The van der Waals surface area contributed by atoms with Crippen LogP contribution in [0.4, 0.5) is 11.4 Å². The summed E-state index contributed by atoms with van der Waals surface area (Å²) in [6.45, 7) is 5.72. The maximum atomic E-state index is 11.9. The molecule has 3 nitrogen and oxygen atoms in total. The number of nitrogens with two attached hydrogens (primary N) is 1. The van der Waals surface area contributed by atoms with Gasteiger partial charge in [-0.1, -0.05) is 20.8 Å². The zero-order valence-electron chi connectivity index (χ0n) is 9.74. The van der Waals surface area contributed by atoms with E-state index in [-0.39, 0.29) is 11.3 Å². The number of carbonyl (C=O) groups excluding carboxylic acids is 1. The molecule has 0 heterocycles. The molecule has 0 fully saturated rings. The van der Waals surface area contributed by atoms with E-state index in [1.54, 1.807) is 24.1 Å². The number of anilines is 2. The molecule has 1 rings (SSSR count). The van der Waals surface area contributed by atoms with Crippen LogP contribution in [-0.2, 0) is 4.79 Å². The van der Waals surface area contributed by atoms with Crippen molar-refractivity contribution in [2.45, 2.75) is 20.8 Å². The Bertz CT molecular complexity index is 349. The topological polar surface area (TPSA) is 46.3 Å². The van der Waals surface area contributed by atoms with Crippen molar-refractivity contribution in [1.29, 1.82) is 0 Å². The lowest BCUT2D eigenvalue weighted by Crippen LogP contribution is -2.36. The van der Waals surface area contributed by atoms with E-state index >= 15 is 0 Å². The van der Waals surface area contributed by atoms with Gasteiger partial charge in [0.15, 0.2) is 0 Å². The van der Waals surface area contributed by atoms with E-state index in [0.717, 1.165) is 5.69 Å². The summed E-state index contributed by atoms with van der Waals surface area (Å²) >= 11 is 0. The van der Waals surface area contributed by atoms with Gasteiger partial charge in [-0.25, -0.2) is 0 Å². The van der Waals surface area contributed by atoms with Gasteiger partial charge in [0.25, 0.3) is 0 Å². The Morgan fingerprint density at radius 1 is 1.20 bits per heavy atom. The number of rotatable bonds is 1. The summed E-state index contributed by atoms with van der Waals surface area (Å²) in [4.78, 5) is 13.6. The van der Waals surface area contributed by atoms with Gasteiger partial charge in [0.05, 0.1) is 0 Å². The van der Waals surface area contributed by atoms with E-state index in [1.807, 2.05) is 32.9 Å². The molecule has 0 saturated heterocycles. The molecule has 0 bridgehead atoms. The number of benzene rings is 1. The molecule has 0 aromatic heterocycles. The molecule has 2 N–H and O–H groups in total. The van der Waals surface area contributed by atoms with Crippen molar-refractivity contribution >= 4 is 17.3 Å². The van der Waals surface area contributed by atoms with Crippen molar-refractivity contribution < 1.29 is 4.79 Å². The third-order valence-corrected chi connectivity index (χ3v) is 2.23. The van der Waals surface area contributed by atoms with Crippen LogP contribution in [0.1, 0.15) is 20.8 Å². The van der Waals surface area contributed by atoms with Crippen LogP contribution in [-0.4, -0.2) is 13.0 Å². The predicted molar refractivity (Wildman–Crippen MR) is 63.7 cm³/mol. The van der Waals surface area contributed by atoms with Crippen molar-refractivity contribution in [3.05, 3.63) is 24.3 Å². The van der Waals surface area contributed by atoms with Gasteiger partial charge in [-0.05, 0) is 24.3 Å². The highest BCUT2D eigenvalue weighted by Crippen LogP contribution is 2.22. The van der Waals surface area contributed by atoms with Crippen molar-refractivity contribution in [2.75, 3.05) is 17.7 Å².